The Bertz CT molecular complexity index is 788. The van der Waals surface area contributed by atoms with E-state index in [4.69, 9.17) is 0 Å². The minimum atomic E-state index is -0.197. The summed E-state index contributed by atoms with van der Waals surface area (Å²) in [6, 6.07) is 11.5. The van der Waals surface area contributed by atoms with Gasteiger partial charge in [0.1, 0.15) is 11.5 Å². The number of amides is 2. The van der Waals surface area contributed by atoms with E-state index in [2.05, 4.69) is 20.2 Å². The van der Waals surface area contributed by atoms with Gasteiger partial charge in [-0.15, -0.1) is 0 Å². The first-order chi connectivity index (χ1) is 13.1. The Balaban J connectivity index is 1.93. The lowest BCUT2D eigenvalue weighted by molar-refractivity contribution is -0.118. The van der Waals surface area contributed by atoms with Gasteiger partial charge in [-0.2, -0.15) is 0 Å². The van der Waals surface area contributed by atoms with Crippen molar-refractivity contribution in [3.8, 4) is 11.4 Å². The number of anilines is 1. The van der Waals surface area contributed by atoms with Gasteiger partial charge in [-0.05, 0) is 13.3 Å². The second kappa shape index (κ2) is 8.62. The van der Waals surface area contributed by atoms with Crippen LogP contribution in [0.2, 0.25) is 0 Å². The Morgan fingerprint density at radius 3 is 2.52 bits per heavy atom. The van der Waals surface area contributed by atoms with E-state index in [0.29, 0.717) is 43.5 Å². The number of nitrogens with zero attached hydrogens (tertiary/aromatic N) is 4. The van der Waals surface area contributed by atoms with Crippen molar-refractivity contribution in [2.45, 2.75) is 26.3 Å². The summed E-state index contributed by atoms with van der Waals surface area (Å²) in [5.41, 5.74) is 1.22. The van der Waals surface area contributed by atoms with Crippen LogP contribution in [0.15, 0.2) is 36.4 Å². The van der Waals surface area contributed by atoms with Crippen LogP contribution in [-0.2, 0) is 4.79 Å². The molecule has 2 amide bonds. The fourth-order valence-corrected chi connectivity index (χ4v) is 2.89. The van der Waals surface area contributed by atoms with Crippen molar-refractivity contribution < 1.29 is 9.59 Å². The number of aromatic nitrogens is 2. The van der Waals surface area contributed by atoms with E-state index >= 15 is 0 Å². The van der Waals surface area contributed by atoms with Crippen LogP contribution >= 0.6 is 0 Å². The van der Waals surface area contributed by atoms with Crippen LogP contribution in [-0.4, -0.2) is 59.4 Å². The van der Waals surface area contributed by atoms with Crippen molar-refractivity contribution in [2.24, 2.45) is 0 Å². The molecule has 1 N–H and O–H groups in total. The number of nitrogens with one attached hydrogen (secondary N) is 1. The molecule has 7 nitrogen and oxygen atoms in total. The third-order valence-corrected chi connectivity index (χ3v) is 4.75. The number of hydrogen-bond acceptors (Lipinski definition) is 5. The molecule has 0 bridgehead atoms. The van der Waals surface area contributed by atoms with Crippen molar-refractivity contribution in [1.82, 2.24) is 20.2 Å². The van der Waals surface area contributed by atoms with Gasteiger partial charge in [0.15, 0.2) is 5.82 Å². The monoisotopic (exact) mass is 367 g/mol. The first-order valence-electron chi connectivity index (χ1n) is 9.30. The number of carbonyl (C=O) groups is 2. The van der Waals surface area contributed by atoms with Gasteiger partial charge in [0, 0.05) is 43.9 Å². The van der Waals surface area contributed by atoms with Crippen LogP contribution in [0, 0.1) is 0 Å². The van der Waals surface area contributed by atoms with Crippen molar-refractivity contribution >= 4 is 18.1 Å². The van der Waals surface area contributed by atoms with Gasteiger partial charge in [0.25, 0.3) is 5.91 Å². The summed E-state index contributed by atoms with van der Waals surface area (Å²) in [6.45, 7) is 6.63. The molecule has 3 rings (SSSR count). The predicted molar refractivity (Wildman–Crippen MR) is 105 cm³/mol. The molecule has 2 heterocycles. The second-order valence-corrected chi connectivity index (χ2v) is 6.71. The third-order valence-electron chi connectivity index (χ3n) is 4.75. The minimum absolute atomic E-state index is 0.0761. The topological polar surface area (TPSA) is 78.4 Å². The number of hydrogen-bond donors (Lipinski definition) is 1. The Labute approximate surface area is 159 Å². The SMILES string of the molecule is CCC(C)NC(=O)c1cc(N2CCN(C=O)CC2)nc(-c2ccccc2)n1. The molecule has 1 saturated heterocycles. The maximum Gasteiger partial charge on any atom is 0.270 e. The van der Waals surface area contributed by atoms with Gasteiger partial charge >= 0.3 is 0 Å². The molecule has 142 valence electrons. The average Bonchev–Trinajstić information content (AvgIpc) is 2.74. The van der Waals surface area contributed by atoms with Crippen LogP contribution in [0.1, 0.15) is 30.8 Å². The van der Waals surface area contributed by atoms with E-state index in [1.807, 2.05) is 44.2 Å². The van der Waals surface area contributed by atoms with Crippen LogP contribution in [0.5, 0.6) is 0 Å². The molecule has 0 radical (unpaired) electrons. The minimum Gasteiger partial charge on any atom is -0.353 e. The molecule has 0 spiro atoms. The summed E-state index contributed by atoms with van der Waals surface area (Å²) < 4.78 is 0. The van der Waals surface area contributed by atoms with Gasteiger partial charge in [-0.3, -0.25) is 9.59 Å². The lowest BCUT2D eigenvalue weighted by Crippen LogP contribution is -2.46. The lowest BCUT2D eigenvalue weighted by Gasteiger charge is -2.33. The summed E-state index contributed by atoms with van der Waals surface area (Å²) in [6.07, 6.45) is 1.72. The van der Waals surface area contributed by atoms with Crippen LogP contribution in [0.4, 0.5) is 5.82 Å². The van der Waals surface area contributed by atoms with E-state index in [-0.39, 0.29) is 11.9 Å². The van der Waals surface area contributed by atoms with Gasteiger partial charge in [0.2, 0.25) is 6.41 Å². The molecule has 0 saturated carbocycles. The summed E-state index contributed by atoms with van der Waals surface area (Å²) in [7, 11) is 0. The normalized spacial score (nSPS) is 15.3. The highest BCUT2D eigenvalue weighted by molar-refractivity contribution is 5.93. The van der Waals surface area contributed by atoms with E-state index in [1.54, 1.807) is 11.0 Å². The van der Waals surface area contributed by atoms with Crippen molar-refractivity contribution in [1.29, 1.82) is 0 Å². The number of carbonyl (C=O) groups excluding carboxylic acids is 2. The van der Waals surface area contributed by atoms with Crippen molar-refractivity contribution in [3.05, 3.63) is 42.1 Å². The van der Waals surface area contributed by atoms with Crippen LogP contribution < -0.4 is 10.2 Å². The van der Waals surface area contributed by atoms with Crippen molar-refractivity contribution in [2.75, 3.05) is 31.1 Å². The van der Waals surface area contributed by atoms with Gasteiger partial charge in [-0.25, -0.2) is 9.97 Å². The molecule has 1 aromatic carbocycles. The molecule has 1 fully saturated rings. The predicted octanol–water partition coefficient (Wildman–Crippen LogP) is 1.95. The standard InChI is InChI=1S/C20H25N5O2/c1-3-15(2)21-20(27)17-13-18(25-11-9-24(14-26)10-12-25)23-19(22-17)16-7-5-4-6-8-16/h4-8,13-15H,3,9-12H2,1-2H3,(H,21,27). The molecule has 0 aliphatic carbocycles. The quantitative estimate of drug-likeness (QED) is 0.790. The highest BCUT2D eigenvalue weighted by atomic mass is 16.2. The highest BCUT2D eigenvalue weighted by Gasteiger charge is 2.21. The Morgan fingerprint density at radius 2 is 1.89 bits per heavy atom. The molecule has 1 aliphatic heterocycles. The maximum absolute atomic E-state index is 12.7. The molecule has 2 aromatic rings. The van der Waals surface area contributed by atoms with E-state index < -0.39 is 0 Å². The lowest BCUT2D eigenvalue weighted by atomic mass is 10.2. The van der Waals surface area contributed by atoms with E-state index in [0.717, 1.165) is 18.4 Å². The molecule has 1 atom stereocenters. The van der Waals surface area contributed by atoms with Gasteiger partial charge in [0.05, 0.1) is 0 Å². The van der Waals surface area contributed by atoms with Gasteiger partial charge in [-0.1, -0.05) is 37.3 Å². The average molecular weight is 367 g/mol. The molecule has 1 aliphatic rings. The van der Waals surface area contributed by atoms with E-state index in [1.165, 1.54) is 0 Å². The number of benzene rings is 1. The first kappa shape index (κ1) is 18.8. The molecule has 1 unspecified atom stereocenters. The molecule has 27 heavy (non-hydrogen) atoms. The highest BCUT2D eigenvalue weighted by Crippen LogP contribution is 2.21. The zero-order valence-electron chi connectivity index (χ0n) is 15.8. The molecular formula is C20H25N5O2. The maximum atomic E-state index is 12.7. The summed E-state index contributed by atoms with van der Waals surface area (Å²) in [4.78, 5) is 36.6. The Morgan fingerprint density at radius 1 is 1.19 bits per heavy atom. The molecule has 1 aromatic heterocycles. The zero-order valence-corrected chi connectivity index (χ0v) is 15.8. The fraction of sp³-hybridized carbons (Fsp3) is 0.400. The Hall–Kier alpha value is -2.96. The first-order valence-corrected chi connectivity index (χ1v) is 9.30. The summed E-state index contributed by atoms with van der Waals surface area (Å²) in [5.74, 6) is 1.04. The molecular weight excluding hydrogens is 342 g/mol. The fourth-order valence-electron chi connectivity index (χ4n) is 2.89. The van der Waals surface area contributed by atoms with Gasteiger partial charge < -0.3 is 15.1 Å². The van der Waals surface area contributed by atoms with Crippen LogP contribution in [0.25, 0.3) is 11.4 Å². The summed E-state index contributed by atoms with van der Waals surface area (Å²) >= 11 is 0. The smallest absolute Gasteiger partial charge is 0.270 e. The number of rotatable bonds is 6. The number of piperazine rings is 1. The summed E-state index contributed by atoms with van der Waals surface area (Å²) in [5, 5.41) is 2.97. The molecule has 7 heteroatoms. The van der Waals surface area contributed by atoms with Crippen LogP contribution in [0.3, 0.4) is 0 Å². The van der Waals surface area contributed by atoms with Crippen molar-refractivity contribution in [3.63, 3.8) is 0 Å². The Kier molecular flexibility index (Phi) is 6.01. The largest absolute Gasteiger partial charge is 0.353 e. The third kappa shape index (κ3) is 4.61. The van der Waals surface area contributed by atoms with E-state index in [9.17, 15) is 9.59 Å². The second-order valence-electron chi connectivity index (χ2n) is 6.71. The zero-order chi connectivity index (χ0) is 19.2.